The molecule has 2 aromatic rings. The molecule has 6 heteroatoms. The minimum atomic E-state index is -4.33. The number of rotatable bonds is 3. The summed E-state index contributed by atoms with van der Waals surface area (Å²) in [7, 11) is 0. The molecule has 0 amide bonds. The summed E-state index contributed by atoms with van der Waals surface area (Å²) in [5.74, 6) is 0. The lowest BCUT2D eigenvalue weighted by Gasteiger charge is -2.19. The Labute approximate surface area is 126 Å². The average molecular weight is 314 g/mol. The Morgan fingerprint density at radius 1 is 1.19 bits per heavy atom. The van der Waals surface area contributed by atoms with Crippen LogP contribution in [-0.2, 0) is 12.7 Å². The minimum Gasteiger partial charge on any atom is -0.306 e. The highest BCUT2D eigenvalue weighted by Crippen LogP contribution is 2.32. The Morgan fingerprint density at radius 3 is 2.52 bits per heavy atom. The molecule has 0 saturated carbocycles. The minimum absolute atomic E-state index is 0.0258. The number of halogens is 3. The van der Waals surface area contributed by atoms with Gasteiger partial charge in [-0.15, -0.1) is 11.3 Å². The zero-order valence-electron chi connectivity index (χ0n) is 12.1. The van der Waals surface area contributed by atoms with E-state index in [9.17, 15) is 13.2 Å². The molecule has 0 atom stereocenters. The van der Waals surface area contributed by atoms with Crippen LogP contribution in [0.1, 0.15) is 31.3 Å². The third-order valence-electron chi connectivity index (χ3n) is 2.81. The summed E-state index contributed by atoms with van der Waals surface area (Å²) in [6, 6.07) is 5.25. The molecule has 21 heavy (non-hydrogen) atoms. The van der Waals surface area contributed by atoms with Crippen LogP contribution in [0, 0.1) is 0 Å². The van der Waals surface area contributed by atoms with Crippen LogP contribution in [0.3, 0.4) is 0 Å². The molecule has 0 fully saturated rings. The summed E-state index contributed by atoms with van der Waals surface area (Å²) in [5, 5.41) is 5.95. The fourth-order valence-corrected chi connectivity index (χ4v) is 2.46. The van der Waals surface area contributed by atoms with Crippen LogP contribution in [-0.4, -0.2) is 10.5 Å². The normalized spacial score (nSPS) is 12.7. The van der Waals surface area contributed by atoms with Gasteiger partial charge in [0.2, 0.25) is 0 Å². The highest BCUT2D eigenvalue weighted by atomic mass is 32.1. The summed E-state index contributed by atoms with van der Waals surface area (Å²) in [4.78, 5) is 4.40. The maximum Gasteiger partial charge on any atom is 0.416 e. The average Bonchev–Trinajstić information content (AvgIpc) is 2.83. The van der Waals surface area contributed by atoms with E-state index in [2.05, 4.69) is 10.3 Å². The summed E-state index contributed by atoms with van der Waals surface area (Å²) >= 11 is 1.44. The van der Waals surface area contributed by atoms with Crippen molar-refractivity contribution in [3.05, 3.63) is 40.2 Å². The highest BCUT2D eigenvalue weighted by molar-refractivity contribution is 7.09. The number of thiazole rings is 1. The number of aromatic nitrogens is 1. The molecule has 1 N–H and O–H groups in total. The second kappa shape index (κ2) is 5.77. The van der Waals surface area contributed by atoms with Gasteiger partial charge >= 0.3 is 6.18 Å². The van der Waals surface area contributed by atoms with E-state index in [-0.39, 0.29) is 5.54 Å². The first-order valence-electron chi connectivity index (χ1n) is 6.52. The van der Waals surface area contributed by atoms with E-state index in [1.807, 2.05) is 20.8 Å². The second-order valence-corrected chi connectivity index (χ2v) is 6.75. The molecule has 0 saturated heterocycles. The van der Waals surface area contributed by atoms with E-state index >= 15 is 0 Å². The van der Waals surface area contributed by atoms with Crippen molar-refractivity contribution in [1.29, 1.82) is 0 Å². The largest absolute Gasteiger partial charge is 0.416 e. The molecule has 0 aliphatic rings. The lowest BCUT2D eigenvalue weighted by molar-refractivity contribution is -0.137. The van der Waals surface area contributed by atoms with E-state index in [0.717, 1.165) is 17.1 Å². The molecule has 0 unspecified atom stereocenters. The fraction of sp³-hybridized carbons (Fsp3) is 0.400. The fourth-order valence-electron chi connectivity index (χ4n) is 1.72. The Kier molecular flexibility index (Phi) is 4.39. The van der Waals surface area contributed by atoms with Crippen LogP contribution in [0.4, 0.5) is 13.2 Å². The third kappa shape index (κ3) is 4.54. The molecule has 0 radical (unpaired) electrons. The van der Waals surface area contributed by atoms with Crippen molar-refractivity contribution in [2.24, 2.45) is 0 Å². The van der Waals surface area contributed by atoms with Gasteiger partial charge in [0.25, 0.3) is 0 Å². The van der Waals surface area contributed by atoms with Crippen LogP contribution < -0.4 is 5.32 Å². The molecule has 2 rings (SSSR count). The Hall–Kier alpha value is -1.40. The summed E-state index contributed by atoms with van der Waals surface area (Å²) in [6.07, 6.45) is -4.33. The van der Waals surface area contributed by atoms with Crippen LogP contribution >= 0.6 is 11.3 Å². The molecule has 0 spiro atoms. The van der Waals surface area contributed by atoms with Gasteiger partial charge in [0.05, 0.1) is 11.3 Å². The standard InChI is InChI=1S/C15H17F3N2S/c1-14(2,3)19-8-13-20-12(9-21-13)10-5-4-6-11(7-10)15(16,17)18/h4-7,9,19H,8H2,1-3H3. The summed E-state index contributed by atoms with van der Waals surface area (Å²) in [5.41, 5.74) is 0.393. The number of alkyl halides is 3. The quantitative estimate of drug-likeness (QED) is 0.887. The van der Waals surface area contributed by atoms with Crippen LogP contribution in [0.5, 0.6) is 0 Å². The number of hydrogen-bond acceptors (Lipinski definition) is 3. The van der Waals surface area contributed by atoms with Crippen LogP contribution in [0.25, 0.3) is 11.3 Å². The van der Waals surface area contributed by atoms with Crippen molar-refractivity contribution in [2.45, 2.75) is 39.0 Å². The first-order valence-corrected chi connectivity index (χ1v) is 7.40. The molecule has 0 aliphatic heterocycles. The molecular weight excluding hydrogens is 297 g/mol. The topological polar surface area (TPSA) is 24.9 Å². The van der Waals surface area contributed by atoms with Crippen molar-refractivity contribution in [3.8, 4) is 11.3 Å². The van der Waals surface area contributed by atoms with Crippen LogP contribution in [0.2, 0.25) is 0 Å². The molecule has 1 aromatic carbocycles. The van der Waals surface area contributed by atoms with Crippen LogP contribution in [0.15, 0.2) is 29.6 Å². The van der Waals surface area contributed by atoms with Gasteiger partial charge < -0.3 is 5.32 Å². The van der Waals surface area contributed by atoms with Gasteiger partial charge in [-0.2, -0.15) is 13.2 Å². The SMILES string of the molecule is CC(C)(C)NCc1nc(-c2cccc(C(F)(F)F)c2)cs1. The Balaban J connectivity index is 2.18. The second-order valence-electron chi connectivity index (χ2n) is 5.81. The molecular formula is C15H17F3N2S. The first-order chi connectivity index (χ1) is 9.65. The van der Waals surface area contributed by atoms with Gasteiger partial charge in [0.15, 0.2) is 0 Å². The smallest absolute Gasteiger partial charge is 0.306 e. The highest BCUT2D eigenvalue weighted by Gasteiger charge is 2.30. The molecule has 1 aromatic heterocycles. The lowest BCUT2D eigenvalue weighted by Crippen LogP contribution is -2.34. The molecule has 2 nitrogen and oxygen atoms in total. The Bertz CT molecular complexity index is 612. The van der Waals surface area contributed by atoms with Crippen molar-refractivity contribution in [1.82, 2.24) is 10.3 Å². The van der Waals surface area contributed by atoms with Crippen molar-refractivity contribution in [2.75, 3.05) is 0 Å². The third-order valence-corrected chi connectivity index (χ3v) is 3.66. The monoisotopic (exact) mass is 314 g/mol. The van der Waals surface area contributed by atoms with E-state index in [4.69, 9.17) is 0 Å². The van der Waals surface area contributed by atoms with E-state index < -0.39 is 11.7 Å². The number of nitrogens with zero attached hydrogens (tertiary/aromatic N) is 1. The van der Waals surface area contributed by atoms with Gasteiger partial charge in [0.1, 0.15) is 5.01 Å². The van der Waals surface area contributed by atoms with Crippen molar-refractivity contribution < 1.29 is 13.2 Å². The lowest BCUT2D eigenvalue weighted by atomic mass is 10.1. The molecule has 1 heterocycles. The molecule has 0 aliphatic carbocycles. The maximum absolute atomic E-state index is 12.7. The molecule has 0 bridgehead atoms. The van der Waals surface area contributed by atoms with Gasteiger partial charge in [0, 0.05) is 23.0 Å². The first kappa shape index (κ1) is 16.0. The number of hydrogen-bond donors (Lipinski definition) is 1. The summed E-state index contributed by atoms with van der Waals surface area (Å²) < 4.78 is 38.1. The van der Waals surface area contributed by atoms with Crippen molar-refractivity contribution >= 4 is 11.3 Å². The maximum atomic E-state index is 12.7. The van der Waals surface area contributed by atoms with Gasteiger partial charge in [-0.1, -0.05) is 12.1 Å². The number of benzene rings is 1. The molecule has 114 valence electrons. The zero-order chi connectivity index (χ0) is 15.7. The summed E-state index contributed by atoms with van der Waals surface area (Å²) in [6.45, 7) is 6.75. The Morgan fingerprint density at radius 2 is 1.90 bits per heavy atom. The van der Waals surface area contributed by atoms with Gasteiger partial charge in [-0.3, -0.25) is 0 Å². The van der Waals surface area contributed by atoms with Gasteiger partial charge in [-0.05, 0) is 32.9 Å². The number of nitrogens with one attached hydrogen (secondary N) is 1. The van der Waals surface area contributed by atoms with E-state index in [1.165, 1.54) is 17.4 Å². The van der Waals surface area contributed by atoms with E-state index in [1.54, 1.807) is 11.4 Å². The van der Waals surface area contributed by atoms with Crippen molar-refractivity contribution in [3.63, 3.8) is 0 Å². The zero-order valence-corrected chi connectivity index (χ0v) is 12.9. The predicted octanol–water partition coefficient (Wildman–Crippen LogP) is 4.72. The predicted molar refractivity (Wildman–Crippen MR) is 79.1 cm³/mol. The van der Waals surface area contributed by atoms with Gasteiger partial charge in [-0.25, -0.2) is 4.98 Å². The van der Waals surface area contributed by atoms with E-state index in [0.29, 0.717) is 17.8 Å².